The summed E-state index contributed by atoms with van der Waals surface area (Å²) in [4.78, 5) is 27.1. The van der Waals surface area contributed by atoms with Crippen LogP contribution in [0.3, 0.4) is 0 Å². The molecule has 0 radical (unpaired) electrons. The first kappa shape index (κ1) is 25.5. The molecule has 0 bridgehead atoms. The second-order valence-electron chi connectivity index (χ2n) is 10.9. The van der Waals surface area contributed by atoms with E-state index in [0.29, 0.717) is 12.2 Å². The average molecular weight is 481 g/mol. The van der Waals surface area contributed by atoms with Crippen LogP contribution >= 0.6 is 0 Å². The molecule has 1 saturated carbocycles. The predicted octanol–water partition coefficient (Wildman–Crippen LogP) is 5.88. The van der Waals surface area contributed by atoms with Crippen LogP contribution in [-0.4, -0.2) is 47.6 Å². The number of furan rings is 1. The van der Waals surface area contributed by atoms with Crippen LogP contribution in [0.15, 0.2) is 28.9 Å². The van der Waals surface area contributed by atoms with E-state index in [1.165, 1.54) is 12.0 Å². The van der Waals surface area contributed by atoms with Gasteiger partial charge in [-0.25, -0.2) is 0 Å². The Morgan fingerprint density at radius 3 is 2.37 bits per heavy atom. The molecule has 1 amide bonds. The normalized spacial score (nSPS) is 18.9. The summed E-state index contributed by atoms with van der Waals surface area (Å²) in [5.74, 6) is -0.428. The van der Waals surface area contributed by atoms with E-state index in [2.05, 4.69) is 43.1 Å². The SMILES string of the molecule is Cc1cc(C)c(-c2ccoc2C(=O)NC2CCN(CCC3(CC(=O)O)CCCCC3)CC2)c(C)c1. The number of nitrogens with one attached hydrogen (secondary N) is 1. The van der Waals surface area contributed by atoms with Gasteiger partial charge in [0.05, 0.1) is 12.7 Å². The second kappa shape index (κ2) is 11.0. The van der Waals surface area contributed by atoms with Crippen molar-refractivity contribution in [2.24, 2.45) is 5.41 Å². The Bertz CT molecular complexity index is 1020. The van der Waals surface area contributed by atoms with Crippen LogP contribution < -0.4 is 5.32 Å². The van der Waals surface area contributed by atoms with Crippen LogP contribution in [0.4, 0.5) is 0 Å². The van der Waals surface area contributed by atoms with E-state index in [0.717, 1.165) is 86.8 Å². The Labute approximate surface area is 209 Å². The van der Waals surface area contributed by atoms with Gasteiger partial charge in [-0.2, -0.15) is 0 Å². The number of rotatable bonds is 8. The first-order valence-corrected chi connectivity index (χ1v) is 13.2. The third-order valence-corrected chi connectivity index (χ3v) is 8.14. The number of nitrogens with zero attached hydrogens (tertiary/aromatic N) is 1. The second-order valence-corrected chi connectivity index (χ2v) is 10.9. The minimum atomic E-state index is -0.665. The van der Waals surface area contributed by atoms with Gasteiger partial charge in [0.15, 0.2) is 5.76 Å². The molecule has 2 aliphatic rings. The van der Waals surface area contributed by atoms with Gasteiger partial charge >= 0.3 is 5.97 Å². The smallest absolute Gasteiger partial charge is 0.303 e. The molecular weight excluding hydrogens is 440 g/mol. The molecule has 2 fully saturated rings. The maximum absolute atomic E-state index is 13.1. The van der Waals surface area contributed by atoms with Gasteiger partial charge in [0.25, 0.3) is 5.91 Å². The number of carbonyl (C=O) groups excluding carboxylic acids is 1. The molecule has 0 unspecified atom stereocenters. The van der Waals surface area contributed by atoms with Gasteiger partial charge in [-0.15, -0.1) is 0 Å². The number of hydrogen-bond donors (Lipinski definition) is 2. The number of amides is 1. The Hall–Kier alpha value is -2.60. The number of carboxylic acid groups (broad SMARTS) is 1. The molecule has 35 heavy (non-hydrogen) atoms. The van der Waals surface area contributed by atoms with Crippen molar-refractivity contribution in [2.75, 3.05) is 19.6 Å². The van der Waals surface area contributed by atoms with E-state index in [1.807, 2.05) is 6.07 Å². The molecule has 1 aromatic carbocycles. The number of likely N-dealkylation sites (tertiary alicyclic amines) is 1. The summed E-state index contributed by atoms with van der Waals surface area (Å²) in [6.07, 6.45) is 10.3. The lowest BCUT2D eigenvalue weighted by atomic mass is 9.69. The molecule has 2 aromatic rings. The number of hydrogen-bond acceptors (Lipinski definition) is 4. The molecular formula is C29H40N2O4. The largest absolute Gasteiger partial charge is 0.481 e. The van der Waals surface area contributed by atoms with E-state index in [9.17, 15) is 14.7 Å². The summed E-state index contributed by atoms with van der Waals surface area (Å²) in [5.41, 5.74) is 5.39. The Balaban J connectivity index is 1.32. The first-order chi connectivity index (χ1) is 16.8. The van der Waals surface area contributed by atoms with Gasteiger partial charge in [0.2, 0.25) is 0 Å². The van der Waals surface area contributed by atoms with Crippen LogP contribution in [0, 0.1) is 26.2 Å². The highest BCUT2D eigenvalue weighted by molar-refractivity contribution is 5.99. The summed E-state index contributed by atoms with van der Waals surface area (Å²) in [6.45, 7) is 9.04. The molecule has 1 aromatic heterocycles. The van der Waals surface area contributed by atoms with Crippen molar-refractivity contribution in [2.45, 2.75) is 84.6 Å². The standard InChI is InChI=1S/C29H40N2O4/c1-20-17-21(2)26(22(3)18-20)24-9-16-35-27(24)28(34)30-23-7-13-31(14-8-23)15-12-29(19-25(32)33)10-5-4-6-11-29/h9,16-18,23H,4-8,10-15,19H2,1-3H3,(H,30,34)(H,32,33). The fourth-order valence-corrected chi connectivity index (χ4v) is 6.37. The van der Waals surface area contributed by atoms with Crippen molar-refractivity contribution in [3.8, 4) is 11.1 Å². The van der Waals surface area contributed by atoms with Gasteiger partial charge in [-0.05, 0) is 87.6 Å². The third kappa shape index (κ3) is 6.16. The summed E-state index contributed by atoms with van der Waals surface area (Å²) < 4.78 is 5.66. The van der Waals surface area contributed by atoms with E-state index in [-0.39, 0.29) is 17.4 Å². The third-order valence-electron chi connectivity index (χ3n) is 8.14. The number of carbonyl (C=O) groups is 2. The fourth-order valence-electron chi connectivity index (χ4n) is 6.37. The predicted molar refractivity (Wildman–Crippen MR) is 138 cm³/mol. The molecule has 2 heterocycles. The molecule has 1 saturated heterocycles. The Kier molecular flexibility index (Phi) is 8.00. The zero-order valence-corrected chi connectivity index (χ0v) is 21.5. The van der Waals surface area contributed by atoms with Gasteiger partial charge in [-0.3, -0.25) is 9.59 Å². The minimum absolute atomic E-state index is 0.0307. The van der Waals surface area contributed by atoms with E-state index in [4.69, 9.17) is 4.42 Å². The minimum Gasteiger partial charge on any atom is -0.481 e. The number of piperidine rings is 1. The summed E-state index contributed by atoms with van der Waals surface area (Å²) in [6, 6.07) is 6.29. The van der Waals surface area contributed by atoms with Crippen molar-refractivity contribution < 1.29 is 19.1 Å². The van der Waals surface area contributed by atoms with Crippen molar-refractivity contribution in [3.63, 3.8) is 0 Å². The van der Waals surface area contributed by atoms with E-state index >= 15 is 0 Å². The highest BCUT2D eigenvalue weighted by Gasteiger charge is 2.35. The molecule has 190 valence electrons. The summed E-state index contributed by atoms with van der Waals surface area (Å²) >= 11 is 0. The molecule has 0 atom stereocenters. The van der Waals surface area contributed by atoms with Gasteiger partial charge < -0.3 is 19.7 Å². The van der Waals surface area contributed by atoms with E-state index < -0.39 is 5.97 Å². The number of aliphatic carboxylic acids is 1. The van der Waals surface area contributed by atoms with Crippen molar-refractivity contribution in [1.82, 2.24) is 10.2 Å². The van der Waals surface area contributed by atoms with Crippen LogP contribution in [-0.2, 0) is 4.79 Å². The Morgan fingerprint density at radius 2 is 1.74 bits per heavy atom. The van der Waals surface area contributed by atoms with Crippen molar-refractivity contribution >= 4 is 11.9 Å². The number of carboxylic acids is 1. The zero-order chi connectivity index (χ0) is 25.0. The van der Waals surface area contributed by atoms with Crippen LogP contribution in [0.25, 0.3) is 11.1 Å². The molecule has 0 spiro atoms. The number of benzene rings is 1. The van der Waals surface area contributed by atoms with Gasteiger partial charge in [0.1, 0.15) is 0 Å². The van der Waals surface area contributed by atoms with Crippen LogP contribution in [0.1, 0.15) is 85.0 Å². The van der Waals surface area contributed by atoms with Crippen LogP contribution in [0.2, 0.25) is 0 Å². The first-order valence-electron chi connectivity index (χ1n) is 13.2. The molecule has 4 rings (SSSR count). The van der Waals surface area contributed by atoms with Crippen LogP contribution in [0.5, 0.6) is 0 Å². The fraction of sp³-hybridized carbons (Fsp3) is 0.586. The summed E-state index contributed by atoms with van der Waals surface area (Å²) in [5, 5.41) is 12.6. The van der Waals surface area contributed by atoms with Gasteiger partial charge in [-0.1, -0.05) is 37.0 Å². The zero-order valence-electron chi connectivity index (χ0n) is 21.5. The topological polar surface area (TPSA) is 82.8 Å². The average Bonchev–Trinajstić information content (AvgIpc) is 3.28. The number of aryl methyl sites for hydroxylation is 3. The maximum atomic E-state index is 13.1. The quantitative estimate of drug-likeness (QED) is 0.493. The lowest BCUT2D eigenvalue weighted by molar-refractivity contribution is -0.140. The van der Waals surface area contributed by atoms with E-state index in [1.54, 1.807) is 6.26 Å². The summed E-state index contributed by atoms with van der Waals surface area (Å²) in [7, 11) is 0. The molecule has 6 nitrogen and oxygen atoms in total. The molecule has 2 N–H and O–H groups in total. The maximum Gasteiger partial charge on any atom is 0.303 e. The van der Waals surface area contributed by atoms with Crippen molar-refractivity contribution in [3.05, 3.63) is 46.9 Å². The highest BCUT2D eigenvalue weighted by atomic mass is 16.4. The highest BCUT2D eigenvalue weighted by Crippen LogP contribution is 2.42. The lowest BCUT2D eigenvalue weighted by Gasteiger charge is -2.39. The van der Waals surface area contributed by atoms with Crippen molar-refractivity contribution in [1.29, 1.82) is 0 Å². The lowest BCUT2D eigenvalue weighted by Crippen LogP contribution is -2.45. The molecule has 1 aliphatic carbocycles. The monoisotopic (exact) mass is 480 g/mol. The Morgan fingerprint density at radius 1 is 1.09 bits per heavy atom. The molecule has 6 heteroatoms. The molecule has 1 aliphatic heterocycles. The van der Waals surface area contributed by atoms with Gasteiger partial charge in [0, 0.05) is 24.7 Å².